The van der Waals surface area contributed by atoms with Gasteiger partial charge in [0.15, 0.2) is 0 Å². The Bertz CT molecular complexity index is 590. The van der Waals surface area contributed by atoms with E-state index in [2.05, 4.69) is 36.8 Å². The second-order valence-corrected chi connectivity index (χ2v) is 5.37. The maximum atomic E-state index is 9.04. The van der Waals surface area contributed by atoms with Crippen molar-refractivity contribution >= 4 is 31.9 Å². The van der Waals surface area contributed by atoms with Crippen molar-refractivity contribution in [3.63, 3.8) is 0 Å². The summed E-state index contributed by atoms with van der Waals surface area (Å²) in [4.78, 5) is 4.00. The van der Waals surface area contributed by atoms with E-state index in [-0.39, 0.29) is 6.61 Å². The number of aromatic nitrogens is 1. The van der Waals surface area contributed by atoms with Crippen LogP contribution in [0.2, 0.25) is 0 Å². The predicted molar refractivity (Wildman–Crippen MR) is 78.6 cm³/mol. The summed E-state index contributed by atoms with van der Waals surface area (Å²) in [5.74, 6) is 1.96. The zero-order valence-electron chi connectivity index (χ0n) is 10.1. The summed E-state index contributed by atoms with van der Waals surface area (Å²) in [7, 11) is 1.60. The number of hydrogen-bond acceptors (Lipinski definition) is 4. The summed E-state index contributed by atoms with van der Waals surface area (Å²) in [5.41, 5.74) is 0.557. The van der Waals surface area contributed by atoms with Crippen molar-refractivity contribution in [3.05, 3.63) is 45.1 Å². The van der Waals surface area contributed by atoms with Crippen LogP contribution in [0.3, 0.4) is 0 Å². The summed E-state index contributed by atoms with van der Waals surface area (Å²) in [6.45, 7) is -0.120. The van der Waals surface area contributed by atoms with E-state index in [1.165, 1.54) is 0 Å². The third-order valence-corrected chi connectivity index (χ3v) is 3.62. The van der Waals surface area contributed by atoms with Crippen LogP contribution in [0, 0.1) is 0 Å². The first kappa shape index (κ1) is 14.3. The largest absolute Gasteiger partial charge is 0.496 e. The molecule has 0 fully saturated rings. The molecule has 0 saturated heterocycles. The Morgan fingerprint density at radius 3 is 2.53 bits per heavy atom. The first-order valence-electron chi connectivity index (χ1n) is 5.40. The van der Waals surface area contributed by atoms with Gasteiger partial charge in [0.1, 0.15) is 17.2 Å². The van der Waals surface area contributed by atoms with E-state index in [9.17, 15) is 0 Å². The molecule has 0 amide bonds. The van der Waals surface area contributed by atoms with E-state index in [0.717, 1.165) is 8.95 Å². The van der Waals surface area contributed by atoms with Gasteiger partial charge in [0, 0.05) is 12.3 Å². The molecule has 6 heteroatoms. The Labute approximate surface area is 127 Å². The number of hydrogen-bond donors (Lipinski definition) is 1. The van der Waals surface area contributed by atoms with Gasteiger partial charge in [0.05, 0.1) is 28.4 Å². The van der Waals surface area contributed by atoms with Gasteiger partial charge in [-0.05, 0) is 50.1 Å². The molecule has 0 radical (unpaired) electrons. The normalized spacial score (nSPS) is 10.3. The molecule has 0 aliphatic carbocycles. The molecule has 0 saturated carbocycles. The Morgan fingerprint density at radius 2 is 1.84 bits per heavy atom. The molecule has 0 bridgehead atoms. The molecular formula is C13H11Br2NO3. The number of halogens is 2. The van der Waals surface area contributed by atoms with E-state index >= 15 is 0 Å². The SMILES string of the molecule is COc1cc(Br)c(Oc2ccnc(CO)c2)cc1Br. The first-order chi connectivity index (χ1) is 9.13. The van der Waals surface area contributed by atoms with Crippen LogP contribution in [0.25, 0.3) is 0 Å². The highest BCUT2D eigenvalue weighted by atomic mass is 79.9. The minimum Gasteiger partial charge on any atom is -0.496 e. The molecule has 100 valence electrons. The molecule has 2 aromatic rings. The zero-order valence-corrected chi connectivity index (χ0v) is 13.2. The van der Waals surface area contributed by atoms with Crippen LogP contribution >= 0.6 is 31.9 Å². The highest BCUT2D eigenvalue weighted by Gasteiger charge is 2.09. The van der Waals surface area contributed by atoms with Gasteiger partial charge >= 0.3 is 0 Å². The maximum Gasteiger partial charge on any atom is 0.143 e. The van der Waals surface area contributed by atoms with Crippen molar-refractivity contribution in [2.75, 3.05) is 7.11 Å². The molecule has 1 aromatic heterocycles. The van der Waals surface area contributed by atoms with Crippen LogP contribution in [0.5, 0.6) is 17.2 Å². The van der Waals surface area contributed by atoms with Crippen molar-refractivity contribution in [2.24, 2.45) is 0 Å². The minimum atomic E-state index is -0.120. The van der Waals surface area contributed by atoms with Crippen molar-refractivity contribution in [1.82, 2.24) is 4.98 Å². The quantitative estimate of drug-likeness (QED) is 0.862. The van der Waals surface area contributed by atoms with Gasteiger partial charge in [-0.15, -0.1) is 0 Å². The zero-order chi connectivity index (χ0) is 13.8. The molecule has 0 spiro atoms. The predicted octanol–water partition coefficient (Wildman–Crippen LogP) is 3.90. The lowest BCUT2D eigenvalue weighted by Gasteiger charge is -2.11. The number of nitrogens with zero attached hydrogens (tertiary/aromatic N) is 1. The number of aliphatic hydroxyl groups is 1. The number of benzene rings is 1. The Morgan fingerprint density at radius 1 is 1.16 bits per heavy atom. The van der Waals surface area contributed by atoms with Gasteiger partial charge in [-0.25, -0.2) is 0 Å². The lowest BCUT2D eigenvalue weighted by atomic mass is 10.3. The molecule has 19 heavy (non-hydrogen) atoms. The molecule has 2 rings (SSSR count). The molecule has 0 unspecified atom stereocenters. The van der Waals surface area contributed by atoms with Gasteiger partial charge in [0.25, 0.3) is 0 Å². The lowest BCUT2D eigenvalue weighted by Crippen LogP contribution is -1.92. The standard InChI is InChI=1S/C13H11Br2NO3/c1-18-12-5-11(15)13(6-10(12)14)19-9-2-3-16-8(4-9)7-17/h2-6,17H,7H2,1H3. The Kier molecular flexibility index (Phi) is 4.79. The van der Waals surface area contributed by atoms with Crippen LogP contribution in [0.4, 0.5) is 0 Å². The van der Waals surface area contributed by atoms with Crippen molar-refractivity contribution in [1.29, 1.82) is 0 Å². The fourth-order valence-corrected chi connectivity index (χ4v) is 2.37. The summed E-state index contributed by atoms with van der Waals surface area (Å²) in [6, 6.07) is 7.03. The van der Waals surface area contributed by atoms with E-state index in [1.807, 2.05) is 12.1 Å². The highest BCUT2D eigenvalue weighted by molar-refractivity contribution is 9.11. The van der Waals surface area contributed by atoms with Crippen LogP contribution in [-0.4, -0.2) is 17.2 Å². The summed E-state index contributed by atoms with van der Waals surface area (Å²) < 4.78 is 12.5. The number of aliphatic hydroxyl groups excluding tert-OH is 1. The van der Waals surface area contributed by atoms with Crippen LogP contribution in [-0.2, 0) is 6.61 Å². The Hall–Kier alpha value is -1.11. The molecule has 0 aliphatic rings. The number of rotatable bonds is 4. The molecule has 1 aromatic carbocycles. The van der Waals surface area contributed by atoms with Crippen LogP contribution < -0.4 is 9.47 Å². The van der Waals surface area contributed by atoms with Gasteiger partial charge in [-0.2, -0.15) is 0 Å². The second kappa shape index (κ2) is 6.36. The second-order valence-electron chi connectivity index (χ2n) is 3.66. The number of pyridine rings is 1. The van der Waals surface area contributed by atoms with E-state index < -0.39 is 0 Å². The molecular weight excluding hydrogens is 378 g/mol. The smallest absolute Gasteiger partial charge is 0.143 e. The van der Waals surface area contributed by atoms with Crippen LogP contribution in [0.1, 0.15) is 5.69 Å². The van der Waals surface area contributed by atoms with E-state index in [4.69, 9.17) is 14.6 Å². The molecule has 4 nitrogen and oxygen atoms in total. The molecule has 0 aliphatic heterocycles. The van der Waals surface area contributed by atoms with Crippen molar-refractivity contribution in [2.45, 2.75) is 6.61 Å². The summed E-state index contributed by atoms with van der Waals surface area (Å²) >= 11 is 6.83. The molecule has 0 atom stereocenters. The summed E-state index contributed by atoms with van der Waals surface area (Å²) in [6.07, 6.45) is 1.59. The molecule has 1 heterocycles. The minimum absolute atomic E-state index is 0.120. The fraction of sp³-hybridized carbons (Fsp3) is 0.154. The van der Waals surface area contributed by atoms with Crippen molar-refractivity contribution in [3.8, 4) is 17.2 Å². The third-order valence-electron chi connectivity index (χ3n) is 2.38. The average molecular weight is 389 g/mol. The monoisotopic (exact) mass is 387 g/mol. The van der Waals surface area contributed by atoms with Gasteiger partial charge in [0.2, 0.25) is 0 Å². The van der Waals surface area contributed by atoms with Gasteiger partial charge in [-0.1, -0.05) is 0 Å². The first-order valence-corrected chi connectivity index (χ1v) is 6.99. The average Bonchev–Trinajstić information content (AvgIpc) is 2.42. The number of methoxy groups -OCH3 is 1. The number of ether oxygens (including phenoxy) is 2. The van der Waals surface area contributed by atoms with E-state index in [1.54, 1.807) is 25.4 Å². The fourth-order valence-electron chi connectivity index (χ4n) is 1.48. The Balaban J connectivity index is 2.30. The topological polar surface area (TPSA) is 51.6 Å². The highest BCUT2D eigenvalue weighted by Crippen LogP contribution is 2.38. The lowest BCUT2D eigenvalue weighted by molar-refractivity contribution is 0.276. The van der Waals surface area contributed by atoms with Gasteiger partial charge in [-0.3, -0.25) is 4.98 Å². The third kappa shape index (κ3) is 3.46. The maximum absolute atomic E-state index is 9.04. The summed E-state index contributed by atoms with van der Waals surface area (Å²) in [5, 5.41) is 9.04. The molecule has 1 N–H and O–H groups in total. The van der Waals surface area contributed by atoms with Crippen LogP contribution in [0.15, 0.2) is 39.4 Å². The van der Waals surface area contributed by atoms with E-state index in [0.29, 0.717) is 22.9 Å². The van der Waals surface area contributed by atoms with Gasteiger partial charge < -0.3 is 14.6 Å². The van der Waals surface area contributed by atoms with Crippen molar-refractivity contribution < 1.29 is 14.6 Å².